The van der Waals surface area contributed by atoms with Crippen molar-refractivity contribution in [2.24, 2.45) is 0 Å². The molecule has 0 atom stereocenters. The van der Waals surface area contributed by atoms with Crippen molar-refractivity contribution < 1.29 is 52.0 Å². The van der Waals surface area contributed by atoms with Crippen molar-refractivity contribution in [3.05, 3.63) is 74.0 Å². The Morgan fingerprint density at radius 2 is 1.41 bits per heavy atom. The normalized spacial score (nSPS) is 9.94. The van der Waals surface area contributed by atoms with Gasteiger partial charge in [-0.2, -0.15) is 6.42 Å². The minimum Gasteiger partial charge on any atom is -0.457 e. The minimum atomic E-state index is -0.0218. The van der Waals surface area contributed by atoms with Gasteiger partial charge in [0.25, 0.3) is 0 Å². The SMILES string of the molecule is CN(C)Cc1ccccc1Oc1ccccc1CO.[CH2-]CCCOCCOCCBr.[CH3-].[Y]. The third kappa shape index (κ3) is 15.5. The number of para-hydroxylation sites is 2. The Kier molecular flexibility index (Phi) is 23.7. The summed E-state index contributed by atoms with van der Waals surface area (Å²) in [6.45, 7) is 7.48. The Balaban J connectivity index is 0. The molecule has 1 radical (unpaired) electrons. The molecule has 2 aromatic carbocycles. The average Bonchev–Trinajstić information content (AvgIpc) is 2.75. The van der Waals surface area contributed by atoms with Gasteiger partial charge in [-0.1, -0.05) is 58.7 Å². The first-order valence-electron chi connectivity index (χ1n) is 10.2. The molecule has 179 valence electrons. The molecule has 0 aliphatic rings. The van der Waals surface area contributed by atoms with Crippen LogP contribution in [-0.4, -0.2) is 55.9 Å². The zero-order valence-corrected chi connectivity index (χ0v) is 24.2. The van der Waals surface area contributed by atoms with Gasteiger partial charge in [-0.3, -0.25) is 0 Å². The number of rotatable bonds is 13. The first-order chi connectivity index (χ1) is 14.6. The van der Waals surface area contributed by atoms with Crippen LogP contribution >= 0.6 is 15.9 Å². The van der Waals surface area contributed by atoms with Gasteiger partial charge in [-0.15, -0.1) is 0 Å². The van der Waals surface area contributed by atoms with E-state index in [1.54, 1.807) is 0 Å². The molecule has 0 amide bonds. The fourth-order valence-electron chi connectivity index (χ4n) is 2.51. The van der Waals surface area contributed by atoms with E-state index >= 15 is 0 Å². The van der Waals surface area contributed by atoms with Crippen LogP contribution in [0.5, 0.6) is 11.5 Å². The summed E-state index contributed by atoms with van der Waals surface area (Å²) < 4.78 is 16.4. The number of alkyl halides is 1. The molecule has 2 aromatic rings. The summed E-state index contributed by atoms with van der Waals surface area (Å²) in [5, 5.41) is 10.2. The van der Waals surface area contributed by atoms with Crippen molar-refractivity contribution in [2.45, 2.75) is 26.0 Å². The van der Waals surface area contributed by atoms with Gasteiger partial charge in [0.05, 0.1) is 26.4 Å². The van der Waals surface area contributed by atoms with E-state index < -0.39 is 0 Å². The monoisotopic (exact) mass is 584 g/mol. The van der Waals surface area contributed by atoms with E-state index in [0.29, 0.717) is 19.0 Å². The third-order valence-corrected chi connectivity index (χ3v) is 4.28. The fraction of sp³-hybridized carbons (Fsp3) is 0.440. The summed E-state index contributed by atoms with van der Waals surface area (Å²) in [5.41, 5.74) is 1.92. The molecule has 5 nitrogen and oxygen atoms in total. The molecule has 0 aliphatic carbocycles. The van der Waals surface area contributed by atoms with Gasteiger partial charge in [0.2, 0.25) is 0 Å². The van der Waals surface area contributed by atoms with Gasteiger partial charge >= 0.3 is 0 Å². The number of hydrogen-bond donors (Lipinski definition) is 1. The molecule has 32 heavy (non-hydrogen) atoms. The van der Waals surface area contributed by atoms with Crippen LogP contribution in [0.25, 0.3) is 0 Å². The number of nitrogens with zero attached hydrogens (tertiary/aromatic N) is 1. The van der Waals surface area contributed by atoms with E-state index in [1.165, 1.54) is 0 Å². The Hall–Kier alpha value is -0.336. The molecule has 7 heteroatoms. The van der Waals surface area contributed by atoms with E-state index in [1.807, 2.05) is 56.6 Å². The summed E-state index contributed by atoms with van der Waals surface area (Å²) >= 11 is 3.27. The maximum absolute atomic E-state index is 9.32. The number of hydrogen-bond acceptors (Lipinski definition) is 5. The Morgan fingerprint density at radius 1 is 0.875 bits per heavy atom. The second kappa shape index (κ2) is 22.5. The van der Waals surface area contributed by atoms with Crippen LogP contribution in [0.4, 0.5) is 0 Å². The molecule has 0 aromatic heterocycles. The standard InChI is InChI=1S/C16H19NO2.C8H16BrO2.CH3.Y/c1-17(2)11-13-7-3-5-9-15(13)19-16-10-6-4-8-14(16)12-18;1-2-3-5-10-7-8-11-6-4-9;;/h3-10,18H,11-12H2,1-2H3;1-8H2;1H3;/q;2*-1;. The zero-order chi connectivity index (χ0) is 22.0. The number of aliphatic hydroxyl groups excluding tert-OH is 1. The molecule has 1 N–H and O–H groups in total. The van der Waals surface area contributed by atoms with Gasteiger partial charge in [0.15, 0.2) is 0 Å². The van der Waals surface area contributed by atoms with E-state index in [4.69, 9.17) is 14.2 Å². The van der Waals surface area contributed by atoms with Crippen LogP contribution in [0.15, 0.2) is 48.5 Å². The van der Waals surface area contributed by atoms with Crippen LogP contribution in [0.1, 0.15) is 24.0 Å². The van der Waals surface area contributed by atoms with Gasteiger partial charge < -0.3 is 38.6 Å². The average molecular weight is 585 g/mol. The topological polar surface area (TPSA) is 51.2 Å². The summed E-state index contributed by atoms with van der Waals surface area (Å²) in [4.78, 5) is 2.10. The molecule has 0 spiro atoms. The van der Waals surface area contributed by atoms with Crippen molar-refractivity contribution >= 4 is 15.9 Å². The van der Waals surface area contributed by atoms with E-state index in [9.17, 15) is 5.11 Å². The smallest absolute Gasteiger partial charge is 0.132 e. The molecular formula is C25H38BrNO4Y-2. The molecule has 0 saturated carbocycles. The Bertz CT molecular complexity index is 680. The first-order valence-corrected chi connectivity index (χ1v) is 11.3. The quantitative estimate of drug-likeness (QED) is 0.191. The van der Waals surface area contributed by atoms with E-state index in [-0.39, 0.29) is 46.7 Å². The maximum Gasteiger partial charge on any atom is 0.132 e. The van der Waals surface area contributed by atoms with Crippen LogP contribution in [0.2, 0.25) is 0 Å². The predicted octanol–water partition coefficient (Wildman–Crippen LogP) is 5.51. The summed E-state index contributed by atoms with van der Waals surface area (Å²) in [6.07, 6.45) is 1.99. The van der Waals surface area contributed by atoms with Crippen molar-refractivity contribution in [3.8, 4) is 11.5 Å². The fourth-order valence-corrected chi connectivity index (χ4v) is 2.74. The molecule has 0 unspecified atom stereocenters. The molecule has 0 fully saturated rings. The second-order valence-corrected chi connectivity index (χ2v) is 7.63. The van der Waals surface area contributed by atoms with Gasteiger partial charge in [-0.05, 0) is 26.2 Å². The summed E-state index contributed by atoms with van der Waals surface area (Å²) in [5.74, 6) is 1.54. The molecule has 0 heterocycles. The number of halogens is 1. The third-order valence-electron chi connectivity index (χ3n) is 3.95. The second-order valence-electron chi connectivity index (χ2n) is 6.83. The number of benzene rings is 2. The summed E-state index contributed by atoms with van der Waals surface area (Å²) in [6, 6.07) is 15.5. The van der Waals surface area contributed by atoms with Crippen molar-refractivity contribution in [3.63, 3.8) is 0 Å². The zero-order valence-electron chi connectivity index (χ0n) is 19.8. The maximum atomic E-state index is 9.32. The van der Waals surface area contributed by atoms with Crippen molar-refractivity contribution in [1.29, 1.82) is 0 Å². The van der Waals surface area contributed by atoms with Crippen LogP contribution in [-0.2, 0) is 55.3 Å². The summed E-state index contributed by atoms with van der Waals surface area (Å²) in [7, 11) is 4.05. The molecule has 0 bridgehead atoms. The molecular weight excluding hydrogens is 547 g/mol. The molecule has 0 aliphatic heterocycles. The molecule has 0 saturated heterocycles. The number of aliphatic hydroxyl groups is 1. The van der Waals surface area contributed by atoms with Gasteiger partial charge in [-0.25, -0.2) is 0 Å². The Morgan fingerprint density at radius 3 is 1.94 bits per heavy atom. The largest absolute Gasteiger partial charge is 0.457 e. The van der Waals surface area contributed by atoms with Crippen molar-refractivity contribution in [2.75, 3.05) is 45.9 Å². The van der Waals surface area contributed by atoms with E-state index in [0.717, 1.165) is 54.8 Å². The first kappa shape index (κ1) is 33.8. The van der Waals surface area contributed by atoms with Crippen LogP contribution < -0.4 is 4.74 Å². The number of ether oxygens (including phenoxy) is 3. The predicted molar refractivity (Wildman–Crippen MR) is 133 cm³/mol. The van der Waals surface area contributed by atoms with Crippen LogP contribution in [0.3, 0.4) is 0 Å². The Labute approximate surface area is 228 Å². The van der Waals surface area contributed by atoms with Gasteiger partial charge in [0.1, 0.15) is 11.5 Å². The van der Waals surface area contributed by atoms with Crippen LogP contribution in [0, 0.1) is 14.4 Å². The molecule has 2 rings (SSSR count). The van der Waals surface area contributed by atoms with Gasteiger partial charge in [0, 0.05) is 62.3 Å². The van der Waals surface area contributed by atoms with Crippen molar-refractivity contribution in [1.82, 2.24) is 4.90 Å². The minimum absolute atomic E-state index is 0. The van der Waals surface area contributed by atoms with E-state index in [2.05, 4.69) is 33.8 Å². The number of unbranched alkanes of at least 4 members (excludes halogenated alkanes) is 1.